The molecule has 0 unspecified atom stereocenters. The molecule has 0 bridgehead atoms. The van der Waals surface area contributed by atoms with E-state index in [0.29, 0.717) is 11.3 Å². The maximum Gasteiger partial charge on any atom is 0.303 e. The van der Waals surface area contributed by atoms with Gasteiger partial charge in [0.2, 0.25) is 5.91 Å². The lowest BCUT2D eigenvalue weighted by atomic mass is 10.0. The molecular weight excluding hydrogens is 284 g/mol. The Morgan fingerprint density at radius 1 is 1.09 bits per heavy atom. The Kier molecular flexibility index (Phi) is 6.10. The van der Waals surface area contributed by atoms with E-state index in [0.717, 1.165) is 6.42 Å². The summed E-state index contributed by atoms with van der Waals surface area (Å²) in [5.41, 5.74) is 0.757. The van der Waals surface area contributed by atoms with Crippen LogP contribution in [0.2, 0.25) is 0 Å². The van der Waals surface area contributed by atoms with Crippen LogP contribution in [0.25, 0.3) is 0 Å². The van der Waals surface area contributed by atoms with Gasteiger partial charge in [0.15, 0.2) is 0 Å². The van der Waals surface area contributed by atoms with Crippen LogP contribution < -0.4 is 10.6 Å². The molecule has 3 N–H and O–H groups in total. The van der Waals surface area contributed by atoms with Crippen molar-refractivity contribution in [3.8, 4) is 0 Å². The minimum Gasteiger partial charge on any atom is -0.481 e. The van der Waals surface area contributed by atoms with E-state index in [4.69, 9.17) is 5.11 Å². The molecule has 0 atom stereocenters. The summed E-state index contributed by atoms with van der Waals surface area (Å²) in [6.45, 7) is 5.89. The monoisotopic (exact) mass is 306 g/mol. The fourth-order valence-corrected chi connectivity index (χ4v) is 1.62. The van der Waals surface area contributed by atoms with E-state index in [9.17, 15) is 14.4 Å². The van der Waals surface area contributed by atoms with E-state index in [1.54, 1.807) is 24.3 Å². The third-order valence-corrected chi connectivity index (χ3v) is 3.33. The van der Waals surface area contributed by atoms with Crippen LogP contribution in [0.3, 0.4) is 0 Å². The summed E-state index contributed by atoms with van der Waals surface area (Å²) >= 11 is 0. The number of carboxylic acids is 1. The van der Waals surface area contributed by atoms with Gasteiger partial charge in [0, 0.05) is 23.2 Å². The molecule has 22 heavy (non-hydrogen) atoms. The normalized spacial score (nSPS) is 10.9. The van der Waals surface area contributed by atoms with E-state index in [2.05, 4.69) is 10.6 Å². The lowest BCUT2D eigenvalue weighted by Gasteiger charge is -2.24. The average molecular weight is 306 g/mol. The molecule has 0 aliphatic carbocycles. The van der Waals surface area contributed by atoms with E-state index in [1.807, 2.05) is 20.8 Å². The Morgan fingerprint density at radius 2 is 1.68 bits per heavy atom. The van der Waals surface area contributed by atoms with Crippen LogP contribution in [-0.2, 0) is 9.59 Å². The van der Waals surface area contributed by atoms with Gasteiger partial charge in [-0.3, -0.25) is 14.4 Å². The number of amides is 2. The van der Waals surface area contributed by atoms with Crippen molar-refractivity contribution in [1.82, 2.24) is 5.32 Å². The fourth-order valence-electron chi connectivity index (χ4n) is 1.62. The second-order valence-corrected chi connectivity index (χ2v) is 5.71. The second-order valence-electron chi connectivity index (χ2n) is 5.71. The second kappa shape index (κ2) is 7.59. The average Bonchev–Trinajstić information content (AvgIpc) is 2.45. The van der Waals surface area contributed by atoms with Crippen LogP contribution in [0.1, 0.15) is 50.4 Å². The van der Waals surface area contributed by atoms with Gasteiger partial charge >= 0.3 is 5.97 Å². The van der Waals surface area contributed by atoms with Gasteiger partial charge in [0.25, 0.3) is 5.91 Å². The number of aliphatic carboxylic acids is 1. The van der Waals surface area contributed by atoms with E-state index >= 15 is 0 Å². The quantitative estimate of drug-likeness (QED) is 0.721. The third-order valence-electron chi connectivity index (χ3n) is 3.33. The SMILES string of the molecule is CCC(C)(C)NC(=O)c1ccc(NC(=O)CCC(=O)O)cc1. The summed E-state index contributed by atoms with van der Waals surface area (Å²) in [5, 5.41) is 14.0. The van der Waals surface area contributed by atoms with Gasteiger partial charge in [0.05, 0.1) is 6.42 Å². The molecule has 0 aromatic heterocycles. The van der Waals surface area contributed by atoms with Crippen molar-refractivity contribution in [1.29, 1.82) is 0 Å². The van der Waals surface area contributed by atoms with Gasteiger partial charge in [0.1, 0.15) is 0 Å². The van der Waals surface area contributed by atoms with Crippen molar-refractivity contribution in [2.75, 3.05) is 5.32 Å². The molecule has 1 rings (SSSR count). The molecule has 0 heterocycles. The first-order valence-electron chi connectivity index (χ1n) is 7.18. The van der Waals surface area contributed by atoms with Crippen molar-refractivity contribution < 1.29 is 19.5 Å². The standard InChI is InChI=1S/C16H22N2O4/c1-4-16(2,3)18-15(22)11-5-7-12(8-6-11)17-13(19)9-10-14(20)21/h5-8H,4,9-10H2,1-3H3,(H,17,19)(H,18,22)(H,20,21). The molecule has 120 valence electrons. The van der Waals surface area contributed by atoms with Crippen molar-refractivity contribution in [2.24, 2.45) is 0 Å². The van der Waals surface area contributed by atoms with E-state index in [-0.39, 0.29) is 30.2 Å². The van der Waals surface area contributed by atoms with Crippen LogP contribution in [0.4, 0.5) is 5.69 Å². The van der Waals surface area contributed by atoms with Crippen LogP contribution in [0.5, 0.6) is 0 Å². The summed E-state index contributed by atoms with van der Waals surface area (Å²) < 4.78 is 0. The predicted octanol–water partition coefficient (Wildman–Crippen LogP) is 2.41. The lowest BCUT2D eigenvalue weighted by molar-refractivity contribution is -0.138. The van der Waals surface area contributed by atoms with Gasteiger partial charge in [-0.2, -0.15) is 0 Å². The maximum absolute atomic E-state index is 12.1. The minimum absolute atomic E-state index is 0.0811. The van der Waals surface area contributed by atoms with Crippen LogP contribution in [0, 0.1) is 0 Å². The van der Waals surface area contributed by atoms with E-state index < -0.39 is 5.97 Å². The highest BCUT2D eigenvalue weighted by atomic mass is 16.4. The molecule has 6 nitrogen and oxygen atoms in total. The lowest BCUT2D eigenvalue weighted by Crippen LogP contribution is -2.42. The number of carbonyl (C=O) groups is 3. The van der Waals surface area contributed by atoms with Gasteiger partial charge < -0.3 is 15.7 Å². The molecule has 1 aromatic carbocycles. The number of rotatable bonds is 7. The summed E-state index contributed by atoms with van der Waals surface area (Å²) in [6, 6.07) is 6.47. The smallest absolute Gasteiger partial charge is 0.303 e. The number of anilines is 1. The Morgan fingerprint density at radius 3 is 2.18 bits per heavy atom. The number of nitrogens with one attached hydrogen (secondary N) is 2. The third kappa shape index (κ3) is 5.95. The van der Waals surface area contributed by atoms with Crippen LogP contribution in [-0.4, -0.2) is 28.4 Å². The zero-order valence-corrected chi connectivity index (χ0v) is 13.1. The van der Waals surface area contributed by atoms with E-state index in [1.165, 1.54) is 0 Å². The molecule has 0 aliphatic rings. The van der Waals surface area contributed by atoms with Crippen molar-refractivity contribution in [3.05, 3.63) is 29.8 Å². The largest absolute Gasteiger partial charge is 0.481 e. The Labute approximate surface area is 129 Å². The number of benzene rings is 1. The number of hydrogen-bond acceptors (Lipinski definition) is 3. The first-order chi connectivity index (χ1) is 10.2. The molecule has 6 heteroatoms. The highest BCUT2D eigenvalue weighted by Crippen LogP contribution is 2.13. The molecule has 0 fully saturated rings. The molecule has 1 aromatic rings. The van der Waals surface area contributed by atoms with Gasteiger partial charge in [-0.15, -0.1) is 0 Å². The summed E-state index contributed by atoms with van der Waals surface area (Å²) in [5.74, 6) is -1.55. The highest BCUT2D eigenvalue weighted by molar-refractivity contribution is 5.96. The molecular formula is C16H22N2O4. The van der Waals surface area contributed by atoms with Crippen molar-refractivity contribution in [2.45, 2.75) is 45.6 Å². The van der Waals surface area contributed by atoms with Crippen LogP contribution in [0.15, 0.2) is 24.3 Å². The highest BCUT2D eigenvalue weighted by Gasteiger charge is 2.18. The number of hydrogen-bond donors (Lipinski definition) is 3. The molecule has 0 spiro atoms. The predicted molar refractivity (Wildman–Crippen MR) is 83.8 cm³/mol. The molecule has 0 radical (unpaired) electrons. The summed E-state index contributed by atoms with van der Waals surface area (Å²) in [4.78, 5) is 34.0. The number of carbonyl (C=O) groups excluding carboxylic acids is 2. The fraction of sp³-hybridized carbons (Fsp3) is 0.438. The summed E-state index contributed by atoms with van der Waals surface area (Å²) in [7, 11) is 0. The zero-order chi connectivity index (χ0) is 16.8. The molecule has 2 amide bonds. The van der Waals surface area contributed by atoms with Gasteiger partial charge in [-0.25, -0.2) is 0 Å². The maximum atomic E-state index is 12.1. The van der Waals surface area contributed by atoms with Crippen LogP contribution >= 0.6 is 0 Å². The van der Waals surface area contributed by atoms with Crippen molar-refractivity contribution in [3.63, 3.8) is 0 Å². The molecule has 0 saturated carbocycles. The number of carboxylic acid groups (broad SMARTS) is 1. The Hall–Kier alpha value is -2.37. The zero-order valence-electron chi connectivity index (χ0n) is 13.1. The topological polar surface area (TPSA) is 95.5 Å². The Balaban J connectivity index is 2.61. The van der Waals surface area contributed by atoms with Gasteiger partial charge in [-0.05, 0) is 44.5 Å². The Bertz CT molecular complexity index is 550. The first kappa shape index (κ1) is 17.7. The molecule has 0 saturated heterocycles. The first-order valence-corrected chi connectivity index (χ1v) is 7.18. The summed E-state index contributed by atoms with van der Waals surface area (Å²) in [6.07, 6.45) is 0.525. The minimum atomic E-state index is -1.01. The van der Waals surface area contributed by atoms with Crippen molar-refractivity contribution >= 4 is 23.5 Å². The molecule has 0 aliphatic heterocycles. The van der Waals surface area contributed by atoms with Gasteiger partial charge in [-0.1, -0.05) is 6.92 Å².